The highest BCUT2D eigenvalue weighted by Gasteiger charge is 2.08. The van der Waals surface area contributed by atoms with Gasteiger partial charge in [0.05, 0.1) is 16.8 Å². The van der Waals surface area contributed by atoms with Crippen LogP contribution in [0.2, 0.25) is 0 Å². The van der Waals surface area contributed by atoms with Gasteiger partial charge in [-0.2, -0.15) is 0 Å². The zero-order valence-corrected chi connectivity index (χ0v) is 14.7. The molecule has 3 aromatic rings. The van der Waals surface area contributed by atoms with Crippen molar-refractivity contribution >= 4 is 34.4 Å². The highest BCUT2D eigenvalue weighted by molar-refractivity contribution is 7.99. The summed E-state index contributed by atoms with van der Waals surface area (Å²) < 4.78 is 0. The molecule has 0 aliphatic heterocycles. The third-order valence-electron chi connectivity index (χ3n) is 4.08. The van der Waals surface area contributed by atoms with Crippen LogP contribution < -0.4 is 5.32 Å². The predicted molar refractivity (Wildman–Crippen MR) is 101 cm³/mol. The van der Waals surface area contributed by atoms with E-state index in [0.29, 0.717) is 11.7 Å². The zero-order chi connectivity index (χ0) is 16.9. The normalized spacial score (nSPS) is 12.2. The van der Waals surface area contributed by atoms with E-state index in [1.54, 1.807) is 0 Å². The van der Waals surface area contributed by atoms with Gasteiger partial charge in [-0.1, -0.05) is 49.9 Å². The van der Waals surface area contributed by atoms with Gasteiger partial charge in [0.25, 0.3) is 0 Å². The molecule has 1 aromatic heterocycles. The van der Waals surface area contributed by atoms with Crippen LogP contribution in [0.5, 0.6) is 0 Å². The van der Waals surface area contributed by atoms with Crippen molar-refractivity contribution in [1.29, 1.82) is 0 Å². The molecule has 124 valence electrons. The van der Waals surface area contributed by atoms with Gasteiger partial charge < -0.3 is 10.3 Å². The van der Waals surface area contributed by atoms with Crippen molar-refractivity contribution in [1.82, 2.24) is 9.97 Å². The standard InChI is InChI=1S/C19H21N3OS/c1-3-13(2)14-8-10-15(11-9-14)20-18(23)12-24-19-21-16-6-4-5-7-17(16)22-19/h4-11,13H,3,12H2,1-2H3,(H,20,23)(H,21,22). The molecule has 1 unspecified atom stereocenters. The van der Waals surface area contributed by atoms with Crippen LogP contribution in [0.3, 0.4) is 0 Å². The van der Waals surface area contributed by atoms with E-state index in [1.807, 2.05) is 36.4 Å². The Bertz CT molecular complexity index is 793. The van der Waals surface area contributed by atoms with Gasteiger partial charge in [-0.05, 0) is 42.2 Å². The van der Waals surface area contributed by atoms with Gasteiger partial charge >= 0.3 is 0 Å². The van der Waals surface area contributed by atoms with E-state index in [9.17, 15) is 4.79 Å². The number of anilines is 1. The lowest BCUT2D eigenvalue weighted by atomic mass is 9.99. The molecule has 24 heavy (non-hydrogen) atoms. The molecule has 1 amide bonds. The monoisotopic (exact) mass is 339 g/mol. The van der Waals surface area contributed by atoms with Gasteiger partial charge in [-0.25, -0.2) is 4.98 Å². The fourth-order valence-corrected chi connectivity index (χ4v) is 3.14. The molecule has 0 saturated carbocycles. The van der Waals surface area contributed by atoms with Crippen LogP contribution in [0, 0.1) is 0 Å². The van der Waals surface area contributed by atoms with Crippen LogP contribution in [0.25, 0.3) is 11.0 Å². The number of rotatable bonds is 6. The first-order chi connectivity index (χ1) is 11.7. The van der Waals surface area contributed by atoms with Crippen molar-refractivity contribution in [3.05, 3.63) is 54.1 Å². The topological polar surface area (TPSA) is 57.8 Å². The number of para-hydroxylation sites is 2. The Morgan fingerprint density at radius 3 is 2.67 bits per heavy atom. The second kappa shape index (κ2) is 7.53. The molecule has 0 aliphatic rings. The molecular weight excluding hydrogens is 318 g/mol. The first-order valence-corrected chi connectivity index (χ1v) is 9.11. The van der Waals surface area contributed by atoms with Crippen LogP contribution >= 0.6 is 11.8 Å². The fourth-order valence-electron chi connectivity index (χ4n) is 2.46. The third-order valence-corrected chi connectivity index (χ3v) is 4.96. The largest absolute Gasteiger partial charge is 0.333 e. The van der Waals surface area contributed by atoms with E-state index >= 15 is 0 Å². The molecular formula is C19H21N3OS. The minimum atomic E-state index is -0.0308. The van der Waals surface area contributed by atoms with Gasteiger partial charge in [0.1, 0.15) is 0 Å². The van der Waals surface area contributed by atoms with Crippen molar-refractivity contribution in [3.8, 4) is 0 Å². The molecule has 1 heterocycles. The lowest BCUT2D eigenvalue weighted by Gasteiger charge is -2.10. The average Bonchev–Trinajstić information content (AvgIpc) is 3.03. The van der Waals surface area contributed by atoms with E-state index in [4.69, 9.17) is 0 Å². The second-order valence-electron chi connectivity index (χ2n) is 5.83. The average molecular weight is 339 g/mol. The molecule has 0 radical (unpaired) electrons. The molecule has 3 rings (SSSR count). The Morgan fingerprint density at radius 1 is 1.21 bits per heavy atom. The Morgan fingerprint density at radius 2 is 1.96 bits per heavy atom. The number of hydrogen-bond donors (Lipinski definition) is 2. The minimum absolute atomic E-state index is 0.0308. The molecule has 0 saturated heterocycles. The van der Waals surface area contributed by atoms with Crippen LogP contribution in [0.1, 0.15) is 31.7 Å². The number of fused-ring (bicyclic) bond motifs is 1. The van der Waals surface area contributed by atoms with E-state index in [1.165, 1.54) is 17.3 Å². The first kappa shape index (κ1) is 16.6. The molecule has 5 heteroatoms. The molecule has 0 bridgehead atoms. The number of benzene rings is 2. The highest BCUT2D eigenvalue weighted by atomic mass is 32.2. The van der Waals surface area contributed by atoms with E-state index in [2.05, 4.69) is 41.3 Å². The molecule has 0 spiro atoms. The summed E-state index contributed by atoms with van der Waals surface area (Å²) in [6, 6.07) is 15.9. The second-order valence-corrected chi connectivity index (χ2v) is 6.79. The molecule has 4 nitrogen and oxygen atoms in total. The van der Waals surface area contributed by atoms with Crippen molar-refractivity contribution in [3.63, 3.8) is 0 Å². The number of nitrogens with one attached hydrogen (secondary N) is 2. The van der Waals surface area contributed by atoms with E-state index in [0.717, 1.165) is 28.3 Å². The maximum Gasteiger partial charge on any atom is 0.234 e. The number of imidazole rings is 1. The SMILES string of the molecule is CCC(C)c1ccc(NC(=O)CSc2nc3ccccc3[nH]2)cc1. The van der Waals surface area contributed by atoms with Crippen LogP contribution in [-0.2, 0) is 4.79 Å². The van der Waals surface area contributed by atoms with Crippen LogP contribution in [-0.4, -0.2) is 21.6 Å². The summed E-state index contributed by atoms with van der Waals surface area (Å²) in [4.78, 5) is 19.8. The van der Waals surface area contributed by atoms with Gasteiger partial charge in [-0.3, -0.25) is 4.79 Å². The predicted octanol–water partition coefficient (Wildman–Crippen LogP) is 4.81. The lowest BCUT2D eigenvalue weighted by Crippen LogP contribution is -2.14. The molecule has 1 atom stereocenters. The molecule has 0 aliphatic carbocycles. The Hall–Kier alpha value is -2.27. The Kier molecular flexibility index (Phi) is 5.20. The molecule has 0 fully saturated rings. The number of nitrogens with zero attached hydrogens (tertiary/aromatic N) is 1. The number of thioether (sulfide) groups is 1. The van der Waals surface area contributed by atoms with Crippen molar-refractivity contribution in [2.45, 2.75) is 31.3 Å². The lowest BCUT2D eigenvalue weighted by molar-refractivity contribution is -0.113. The van der Waals surface area contributed by atoms with Crippen LogP contribution in [0.15, 0.2) is 53.7 Å². The summed E-state index contributed by atoms with van der Waals surface area (Å²) in [6.45, 7) is 4.38. The maximum atomic E-state index is 12.1. The summed E-state index contributed by atoms with van der Waals surface area (Å²) >= 11 is 1.41. The van der Waals surface area contributed by atoms with Crippen molar-refractivity contribution < 1.29 is 4.79 Å². The zero-order valence-electron chi connectivity index (χ0n) is 13.9. The van der Waals surface area contributed by atoms with Gasteiger partial charge in [0, 0.05) is 5.69 Å². The van der Waals surface area contributed by atoms with E-state index in [-0.39, 0.29) is 5.91 Å². The highest BCUT2D eigenvalue weighted by Crippen LogP contribution is 2.22. The van der Waals surface area contributed by atoms with Gasteiger partial charge in [-0.15, -0.1) is 0 Å². The fraction of sp³-hybridized carbons (Fsp3) is 0.263. The Balaban J connectivity index is 1.55. The van der Waals surface area contributed by atoms with E-state index < -0.39 is 0 Å². The first-order valence-electron chi connectivity index (χ1n) is 8.13. The molecule has 2 aromatic carbocycles. The summed E-state index contributed by atoms with van der Waals surface area (Å²) in [7, 11) is 0. The number of aromatic nitrogens is 2. The number of H-pyrrole nitrogens is 1. The summed E-state index contributed by atoms with van der Waals surface area (Å²) in [5.41, 5.74) is 4.03. The minimum Gasteiger partial charge on any atom is -0.333 e. The number of hydrogen-bond acceptors (Lipinski definition) is 3. The third kappa shape index (κ3) is 3.97. The summed E-state index contributed by atoms with van der Waals surface area (Å²) in [6.07, 6.45) is 1.11. The quantitative estimate of drug-likeness (QED) is 0.634. The van der Waals surface area contributed by atoms with Crippen molar-refractivity contribution in [2.75, 3.05) is 11.1 Å². The summed E-state index contributed by atoms with van der Waals surface area (Å²) in [5, 5.41) is 3.69. The number of carbonyl (C=O) groups is 1. The number of carbonyl (C=O) groups excluding carboxylic acids is 1. The van der Waals surface area contributed by atoms with Crippen LogP contribution in [0.4, 0.5) is 5.69 Å². The number of aromatic amines is 1. The van der Waals surface area contributed by atoms with Gasteiger partial charge in [0.15, 0.2) is 5.16 Å². The van der Waals surface area contributed by atoms with Crippen molar-refractivity contribution in [2.24, 2.45) is 0 Å². The maximum absolute atomic E-state index is 12.1. The smallest absolute Gasteiger partial charge is 0.234 e. The Labute approximate surface area is 146 Å². The summed E-state index contributed by atoms with van der Waals surface area (Å²) in [5.74, 6) is 0.836. The van der Waals surface area contributed by atoms with Gasteiger partial charge in [0.2, 0.25) is 5.91 Å². The number of amides is 1. The molecule has 2 N–H and O–H groups in total.